The first-order valence-corrected chi connectivity index (χ1v) is 14.4. The molecule has 5 rings (SSSR count). The minimum atomic E-state index is -0.584. The highest BCUT2D eigenvalue weighted by atomic mass is 19.1. The fraction of sp³-hybridized carbons (Fsp3) is 0.364. The van der Waals surface area contributed by atoms with E-state index in [0.29, 0.717) is 37.3 Å². The molecule has 0 aromatic heterocycles. The van der Waals surface area contributed by atoms with E-state index in [1.54, 1.807) is 23.1 Å². The zero-order valence-electron chi connectivity index (χ0n) is 23.8. The summed E-state index contributed by atoms with van der Waals surface area (Å²) in [5, 5.41) is 2.31. The molecule has 3 aliphatic rings. The first kappa shape index (κ1) is 29.4. The van der Waals surface area contributed by atoms with Gasteiger partial charge in [-0.1, -0.05) is 55.1 Å². The van der Waals surface area contributed by atoms with Crippen LogP contribution in [0.1, 0.15) is 36.0 Å². The van der Waals surface area contributed by atoms with Gasteiger partial charge in [-0.2, -0.15) is 0 Å². The van der Waals surface area contributed by atoms with Gasteiger partial charge in [0.1, 0.15) is 24.2 Å². The summed E-state index contributed by atoms with van der Waals surface area (Å²) in [6.45, 7) is 10.5. The number of piperazine rings is 1. The summed E-state index contributed by atoms with van der Waals surface area (Å²) < 4.78 is 18.9. The Hall–Kier alpha value is -4.08. The van der Waals surface area contributed by atoms with Crippen molar-refractivity contribution in [3.8, 4) is 0 Å². The average Bonchev–Trinajstić information content (AvgIpc) is 3.34. The highest BCUT2D eigenvalue weighted by Crippen LogP contribution is 2.24. The summed E-state index contributed by atoms with van der Waals surface area (Å²) in [5.74, 6) is -0.572. The lowest BCUT2D eigenvalue weighted by Gasteiger charge is -2.34. The molecule has 8 nitrogen and oxygen atoms in total. The van der Waals surface area contributed by atoms with Gasteiger partial charge in [-0.05, 0) is 47.7 Å². The third-order valence-electron chi connectivity index (χ3n) is 7.96. The maximum absolute atomic E-state index is 13.1. The molecule has 3 aliphatic heterocycles. The Balaban J connectivity index is 1.01. The van der Waals surface area contributed by atoms with Crippen molar-refractivity contribution in [3.63, 3.8) is 0 Å². The van der Waals surface area contributed by atoms with E-state index in [1.807, 2.05) is 12.1 Å². The van der Waals surface area contributed by atoms with Gasteiger partial charge in [-0.3, -0.25) is 29.5 Å². The quantitative estimate of drug-likeness (QED) is 0.203. The number of nitrogens with zero attached hydrogens (tertiary/aromatic N) is 3. The Morgan fingerprint density at radius 2 is 1.48 bits per heavy atom. The van der Waals surface area contributed by atoms with Crippen molar-refractivity contribution >= 4 is 17.7 Å². The Kier molecular flexibility index (Phi) is 9.61. The Labute approximate surface area is 246 Å². The molecular weight excluding hydrogens is 535 g/mol. The SMILES string of the molecule is C=C(/C=C\C=C1/CCN(C2CCC(=O)NC2=O)C1=O)OCc1ccc(CN2CCN(Cc3ccc(F)cc3)CC2)cc1. The molecule has 3 amide bonds. The normalized spacial score (nSPS) is 21.4. The van der Waals surface area contributed by atoms with Crippen LogP contribution in [0.5, 0.6) is 0 Å². The molecule has 1 atom stereocenters. The summed E-state index contributed by atoms with van der Waals surface area (Å²) in [4.78, 5) is 42.7. The van der Waals surface area contributed by atoms with Gasteiger partial charge >= 0.3 is 0 Å². The number of imide groups is 1. The lowest BCUT2D eigenvalue weighted by atomic mass is 10.0. The van der Waals surface area contributed by atoms with Crippen LogP contribution in [0.25, 0.3) is 0 Å². The maximum atomic E-state index is 13.1. The van der Waals surface area contributed by atoms with Gasteiger partial charge in [0.25, 0.3) is 5.91 Å². The summed E-state index contributed by atoms with van der Waals surface area (Å²) >= 11 is 0. The highest BCUT2D eigenvalue weighted by molar-refractivity contribution is 6.04. The predicted molar refractivity (Wildman–Crippen MR) is 157 cm³/mol. The molecule has 9 heteroatoms. The molecule has 0 saturated carbocycles. The second-order valence-corrected chi connectivity index (χ2v) is 11.0. The first-order chi connectivity index (χ1) is 20.3. The Bertz CT molecular complexity index is 1360. The van der Waals surface area contributed by atoms with Gasteiger partial charge in [-0.15, -0.1) is 0 Å². The highest BCUT2D eigenvalue weighted by Gasteiger charge is 2.38. The number of nitrogens with one attached hydrogen (secondary N) is 1. The summed E-state index contributed by atoms with van der Waals surface area (Å²) in [6, 6.07) is 14.6. The van der Waals surface area contributed by atoms with Crippen LogP contribution in [0, 0.1) is 5.82 Å². The lowest BCUT2D eigenvalue weighted by Crippen LogP contribution is -2.52. The molecule has 1 N–H and O–H groups in total. The van der Waals surface area contributed by atoms with Crippen molar-refractivity contribution in [1.82, 2.24) is 20.0 Å². The van der Waals surface area contributed by atoms with E-state index in [1.165, 1.54) is 17.7 Å². The van der Waals surface area contributed by atoms with Gasteiger partial charge in [0.05, 0.1) is 0 Å². The van der Waals surface area contributed by atoms with Crippen LogP contribution in [-0.2, 0) is 38.8 Å². The van der Waals surface area contributed by atoms with Crippen LogP contribution in [0.3, 0.4) is 0 Å². The average molecular weight is 573 g/mol. The number of allylic oxidation sites excluding steroid dienone is 3. The summed E-state index contributed by atoms with van der Waals surface area (Å²) in [7, 11) is 0. The van der Waals surface area contributed by atoms with Crippen LogP contribution in [0.15, 0.2) is 84.7 Å². The number of halogens is 1. The third kappa shape index (κ3) is 7.80. The van der Waals surface area contributed by atoms with E-state index >= 15 is 0 Å². The van der Waals surface area contributed by atoms with Crippen LogP contribution in [0.4, 0.5) is 4.39 Å². The number of benzene rings is 2. The van der Waals surface area contributed by atoms with Crippen molar-refractivity contribution < 1.29 is 23.5 Å². The minimum absolute atomic E-state index is 0.173. The molecule has 0 aliphatic carbocycles. The number of carbonyl (C=O) groups excluding carboxylic acids is 3. The van der Waals surface area contributed by atoms with Gasteiger partial charge in [0, 0.05) is 57.8 Å². The van der Waals surface area contributed by atoms with Crippen molar-refractivity contribution in [3.05, 3.63) is 107 Å². The number of likely N-dealkylation sites (tertiary alicyclic amines) is 1. The van der Waals surface area contributed by atoms with Crippen LogP contribution in [0.2, 0.25) is 0 Å². The summed E-state index contributed by atoms with van der Waals surface area (Å²) in [5.41, 5.74) is 4.05. The van der Waals surface area contributed by atoms with Crippen LogP contribution < -0.4 is 5.32 Å². The van der Waals surface area contributed by atoms with Crippen molar-refractivity contribution in [2.24, 2.45) is 0 Å². The van der Waals surface area contributed by atoms with E-state index in [0.717, 1.165) is 50.4 Å². The Morgan fingerprint density at radius 1 is 0.881 bits per heavy atom. The molecule has 3 heterocycles. The second kappa shape index (κ2) is 13.7. The number of ether oxygens (including phenoxy) is 1. The van der Waals surface area contributed by atoms with Crippen LogP contribution in [-0.4, -0.2) is 71.2 Å². The number of amides is 3. The minimum Gasteiger partial charge on any atom is -0.490 e. The number of hydrogen-bond acceptors (Lipinski definition) is 6. The molecule has 1 unspecified atom stereocenters. The molecule has 220 valence electrons. The monoisotopic (exact) mass is 572 g/mol. The zero-order chi connectivity index (χ0) is 29.5. The molecule has 2 aromatic carbocycles. The van der Waals surface area contributed by atoms with E-state index < -0.39 is 11.9 Å². The number of rotatable bonds is 10. The molecule has 3 saturated heterocycles. The van der Waals surface area contributed by atoms with Gasteiger partial charge in [0.15, 0.2) is 0 Å². The molecule has 3 fully saturated rings. The topological polar surface area (TPSA) is 82.2 Å². The largest absolute Gasteiger partial charge is 0.490 e. The van der Waals surface area contributed by atoms with E-state index in [2.05, 4.69) is 46.0 Å². The van der Waals surface area contributed by atoms with Gasteiger partial charge in [-0.25, -0.2) is 4.39 Å². The van der Waals surface area contributed by atoms with Crippen molar-refractivity contribution in [1.29, 1.82) is 0 Å². The fourth-order valence-corrected chi connectivity index (χ4v) is 5.51. The Morgan fingerprint density at radius 3 is 2.10 bits per heavy atom. The maximum Gasteiger partial charge on any atom is 0.250 e. The second-order valence-electron chi connectivity index (χ2n) is 11.0. The van der Waals surface area contributed by atoms with E-state index in [4.69, 9.17) is 4.74 Å². The molecular formula is C33H37FN4O4. The molecule has 2 aromatic rings. The van der Waals surface area contributed by atoms with Crippen LogP contribution >= 0.6 is 0 Å². The third-order valence-corrected chi connectivity index (χ3v) is 7.96. The molecule has 42 heavy (non-hydrogen) atoms. The van der Waals surface area contributed by atoms with Gasteiger partial charge in [0.2, 0.25) is 11.8 Å². The predicted octanol–water partition coefficient (Wildman–Crippen LogP) is 3.69. The van der Waals surface area contributed by atoms with Crippen molar-refractivity contribution in [2.45, 2.75) is 45.0 Å². The fourth-order valence-electron chi connectivity index (χ4n) is 5.51. The number of carbonyl (C=O) groups is 3. The zero-order valence-corrected chi connectivity index (χ0v) is 23.8. The first-order valence-electron chi connectivity index (χ1n) is 14.4. The lowest BCUT2D eigenvalue weighted by molar-refractivity contribution is -0.142. The molecule has 0 radical (unpaired) electrons. The van der Waals surface area contributed by atoms with E-state index in [9.17, 15) is 18.8 Å². The molecule has 0 bridgehead atoms. The van der Waals surface area contributed by atoms with Gasteiger partial charge < -0.3 is 9.64 Å². The summed E-state index contributed by atoms with van der Waals surface area (Å²) in [6.07, 6.45) is 6.36. The van der Waals surface area contributed by atoms with E-state index in [-0.39, 0.29) is 24.1 Å². The smallest absolute Gasteiger partial charge is 0.250 e. The standard InChI is InChI=1S/C33H37FN4O4/c1-24(3-2-4-28-15-16-38(33(28)41)30-13-14-31(39)35-32(30)40)42-23-27-7-5-25(6-8-27)21-36-17-19-37(20-18-36)22-26-9-11-29(34)12-10-26/h2-12,30H,1,13-23H2,(H,35,39,40)/b3-2-,28-4+. The van der Waals surface area contributed by atoms with Crippen molar-refractivity contribution in [2.75, 3.05) is 32.7 Å². The number of hydrogen-bond donors (Lipinski definition) is 1. The number of piperidine rings is 1. The molecule has 0 spiro atoms.